The molecule has 0 heterocycles. The molecule has 0 saturated heterocycles. The minimum atomic E-state index is -1.03. The van der Waals surface area contributed by atoms with Gasteiger partial charge in [0.25, 0.3) is 5.91 Å². The normalized spacial score (nSPS) is 12.6. The van der Waals surface area contributed by atoms with Crippen molar-refractivity contribution < 1.29 is 19.4 Å². The summed E-state index contributed by atoms with van der Waals surface area (Å²) >= 11 is 8.03. The zero-order valence-corrected chi connectivity index (χ0v) is 23.1. The van der Waals surface area contributed by atoms with Crippen LogP contribution in [-0.2, 0) is 16.1 Å². The number of carboxylic acids is 1. The second-order valence-corrected chi connectivity index (χ2v) is 10.6. The number of amides is 1. The fourth-order valence-corrected chi connectivity index (χ4v) is 5.07. The number of hydrogen-bond acceptors (Lipinski definition) is 4. The Bertz CT molecular complexity index is 1220. The van der Waals surface area contributed by atoms with Crippen molar-refractivity contribution in [2.45, 2.75) is 52.4 Å². The van der Waals surface area contributed by atoms with Crippen molar-refractivity contribution in [1.29, 1.82) is 0 Å². The van der Waals surface area contributed by atoms with Crippen molar-refractivity contribution in [3.05, 3.63) is 94.0 Å². The van der Waals surface area contributed by atoms with Crippen LogP contribution in [0.15, 0.2) is 66.7 Å². The lowest BCUT2D eigenvalue weighted by atomic mass is 9.93. The van der Waals surface area contributed by atoms with E-state index >= 15 is 0 Å². The molecule has 0 radical (unpaired) electrons. The van der Waals surface area contributed by atoms with Gasteiger partial charge in [-0.3, -0.25) is 4.79 Å². The van der Waals surface area contributed by atoms with E-state index in [0.717, 1.165) is 39.3 Å². The maximum Gasteiger partial charge on any atom is 0.326 e. The summed E-state index contributed by atoms with van der Waals surface area (Å²) in [6.45, 7) is 6.36. The zero-order valence-electron chi connectivity index (χ0n) is 21.5. The van der Waals surface area contributed by atoms with E-state index in [4.69, 9.17) is 16.3 Å². The molecule has 0 spiro atoms. The molecule has 196 valence electrons. The first kappa shape index (κ1) is 28.8. The lowest BCUT2D eigenvalue weighted by molar-refractivity contribution is -0.139. The number of halogens is 1. The van der Waals surface area contributed by atoms with Crippen molar-refractivity contribution in [3.8, 4) is 11.1 Å². The van der Waals surface area contributed by atoms with E-state index in [0.29, 0.717) is 30.0 Å². The molecule has 0 unspecified atom stereocenters. The highest BCUT2D eigenvalue weighted by atomic mass is 35.5. The summed E-state index contributed by atoms with van der Waals surface area (Å²) in [5.74, 6) is 0.352. The number of rotatable bonds is 13. The summed E-state index contributed by atoms with van der Waals surface area (Å²) in [6, 6.07) is 20.3. The Kier molecular flexibility index (Phi) is 11.1. The Balaban J connectivity index is 1.91. The quantitative estimate of drug-likeness (QED) is 0.238. The number of carbonyl (C=O) groups is 2. The predicted molar refractivity (Wildman–Crippen MR) is 152 cm³/mol. The number of benzene rings is 3. The van der Waals surface area contributed by atoms with E-state index in [-0.39, 0.29) is 6.10 Å². The van der Waals surface area contributed by atoms with Crippen molar-refractivity contribution in [1.82, 2.24) is 5.32 Å². The Morgan fingerprint density at radius 2 is 1.81 bits per heavy atom. The molecular weight excluding hydrogens is 506 g/mol. The van der Waals surface area contributed by atoms with E-state index in [1.807, 2.05) is 74.5 Å². The van der Waals surface area contributed by atoms with Crippen LogP contribution in [0.25, 0.3) is 11.1 Å². The second-order valence-electron chi connectivity index (χ2n) is 8.86. The van der Waals surface area contributed by atoms with Gasteiger partial charge in [-0.1, -0.05) is 74.3 Å². The molecule has 3 aromatic carbocycles. The van der Waals surface area contributed by atoms with Gasteiger partial charge >= 0.3 is 5.97 Å². The van der Waals surface area contributed by atoms with Crippen LogP contribution in [0.1, 0.15) is 59.8 Å². The maximum atomic E-state index is 13.2. The molecular formula is C30H34ClNO4S. The van der Waals surface area contributed by atoms with Crippen LogP contribution in [0, 0.1) is 6.92 Å². The molecule has 5 nitrogen and oxygen atoms in total. The molecule has 0 aromatic heterocycles. The molecule has 1 amide bonds. The molecule has 0 aliphatic carbocycles. The number of aliphatic carboxylic acids is 1. The third kappa shape index (κ3) is 8.09. The average Bonchev–Trinajstić information content (AvgIpc) is 2.88. The van der Waals surface area contributed by atoms with Crippen molar-refractivity contribution in [2.24, 2.45) is 0 Å². The van der Waals surface area contributed by atoms with Crippen molar-refractivity contribution in [2.75, 3.05) is 11.5 Å². The van der Waals surface area contributed by atoms with Gasteiger partial charge in [0.15, 0.2) is 0 Å². The third-order valence-corrected chi connectivity index (χ3v) is 7.27. The summed E-state index contributed by atoms with van der Waals surface area (Å²) in [5, 5.41) is 12.9. The van der Waals surface area contributed by atoms with Crippen LogP contribution in [0.3, 0.4) is 0 Å². The van der Waals surface area contributed by atoms with Gasteiger partial charge in [0.1, 0.15) is 6.04 Å². The van der Waals surface area contributed by atoms with Gasteiger partial charge in [-0.2, -0.15) is 11.8 Å². The van der Waals surface area contributed by atoms with Gasteiger partial charge in [-0.05, 0) is 71.2 Å². The highest BCUT2D eigenvalue weighted by Crippen LogP contribution is 2.30. The first-order valence-electron chi connectivity index (χ1n) is 12.5. The molecule has 37 heavy (non-hydrogen) atoms. The van der Waals surface area contributed by atoms with Crippen LogP contribution in [0.2, 0.25) is 5.02 Å². The number of ether oxygens (including phenoxy) is 1. The fourth-order valence-electron chi connectivity index (χ4n) is 4.13. The molecule has 3 aromatic rings. The van der Waals surface area contributed by atoms with Gasteiger partial charge in [-0.25, -0.2) is 4.79 Å². The van der Waals surface area contributed by atoms with E-state index in [1.165, 1.54) is 0 Å². The van der Waals surface area contributed by atoms with E-state index in [9.17, 15) is 14.7 Å². The number of carbonyl (C=O) groups excluding carboxylic acids is 1. The topological polar surface area (TPSA) is 75.6 Å². The molecule has 0 aliphatic rings. The monoisotopic (exact) mass is 539 g/mol. The molecule has 0 bridgehead atoms. The highest BCUT2D eigenvalue weighted by molar-refractivity contribution is 7.99. The summed E-state index contributed by atoms with van der Waals surface area (Å²) < 4.78 is 6.36. The Morgan fingerprint density at radius 1 is 1.03 bits per heavy atom. The Morgan fingerprint density at radius 3 is 2.49 bits per heavy atom. The number of hydrogen-bond donors (Lipinski definition) is 2. The lowest BCUT2D eigenvalue weighted by Crippen LogP contribution is -2.40. The molecule has 0 saturated carbocycles. The van der Waals surface area contributed by atoms with Crippen molar-refractivity contribution in [3.63, 3.8) is 0 Å². The molecule has 2 atom stereocenters. The van der Waals surface area contributed by atoms with Crippen molar-refractivity contribution >= 4 is 35.2 Å². The van der Waals surface area contributed by atoms with Crippen LogP contribution >= 0.6 is 23.4 Å². The van der Waals surface area contributed by atoms with Crippen LogP contribution in [-0.4, -0.2) is 34.5 Å². The summed E-state index contributed by atoms with van der Waals surface area (Å²) in [5.41, 5.74) is 5.08. The third-order valence-electron chi connectivity index (χ3n) is 6.09. The average molecular weight is 540 g/mol. The molecule has 2 N–H and O–H groups in total. The summed E-state index contributed by atoms with van der Waals surface area (Å²) in [6.07, 6.45) is 0.897. The SMILES string of the molecule is CCC[C@H](NC(=O)c1ccc(CO[C@@H](CSCC)c2cccc(Cl)c2)cc1-c1ccccc1C)C(=O)O. The highest BCUT2D eigenvalue weighted by Gasteiger charge is 2.22. The largest absolute Gasteiger partial charge is 0.480 e. The number of carboxylic acid groups (broad SMARTS) is 1. The first-order chi connectivity index (χ1) is 17.8. The minimum absolute atomic E-state index is 0.126. The zero-order chi connectivity index (χ0) is 26.8. The van der Waals surface area contributed by atoms with Gasteiger partial charge < -0.3 is 15.2 Å². The van der Waals surface area contributed by atoms with Crippen LogP contribution in [0.5, 0.6) is 0 Å². The van der Waals surface area contributed by atoms with Gasteiger partial charge in [-0.15, -0.1) is 0 Å². The smallest absolute Gasteiger partial charge is 0.326 e. The second kappa shape index (κ2) is 14.2. The molecule has 0 aliphatic heterocycles. The molecule has 7 heteroatoms. The summed E-state index contributed by atoms with van der Waals surface area (Å²) in [7, 11) is 0. The van der Waals surface area contributed by atoms with Crippen LogP contribution < -0.4 is 5.32 Å². The Hall–Kier alpha value is -2.80. The van der Waals surface area contributed by atoms with Gasteiger partial charge in [0.2, 0.25) is 0 Å². The minimum Gasteiger partial charge on any atom is -0.480 e. The Labute approximate surface area is 228 Å². The number of nitrogens with one attached hydrogen (secondary N) is 1. The van der Waals surface area contributed by atoms with Gasteiger partial charge in [0.05, 0.1) is 12.7 Å². The lowest BCUT2D eigenvalue weighted by Gasteiger charge is -2.20. The standard InChI is InChI=1S/C30H34ClNO4S/c1-4-9-27(30(34)35)32-29(33)25-15-14-21(16-26(25)24-13-7-6-10-20(24)3)18-36-28(19-37-5-2)22-11-8-12-23(31)17-22/h6-8,10-17,27-28H,4-5,9,18-19H2,1-3H3,(H,32,33)(H,34,35)/t27-,28-/m0/s1. The van der Waals surface area contributed by atoms with Crippen LogP contribution in [0.4, 0.5) is 0 Å². The number of thioether (sulfide) groups is 1. The van der Waals surface area contributed by atoms with E-state index in [2.05, 4.69) is 12.2 Å². The maximum absolute atomic E-state index is 13.2. The number of aryl methyl sites for hydroxylation is 1. The van der Waals surface area contributed by atoms with E-state index in [1.54, 1.807) is 17.8 Å². The van der Waals surface area contributed by atoms with E-state index < -0.39 is 17.9 Å². The molecule has 3 rings (SSSR count). The fraction of sp³-hybridized carbons (Fsp3) is 0.333. The summed E-state index contributed by atoms with van der Waals surface area (Å²) in [4.78, 5) is 24.9. The van der Waals surface area contributed by atoms with Gasteiger partial charge in [0, 0.05) is 16.3 Å². The first-order valence-corrected chi connectivity index (χ1v) is 14.0. The predicted octanol–water partition coefficient (Wildman–Crippen LogP) is 7.31. The molecule has 0 fully saturated rings.